The second-order valence-corrected chi connectivity index (χ2v) is 2.28. The lowest BCUT2D eigenvalue weighted by atomic mass is 10.1. The summed E-state index contributed by atoms with van der Waals surface area (Å²) in [5.41, 5.74) is 0.261. The van der Waals surface area contributed by atoms with Crippen molar-refractivity contribution in [1.29, 1.82) is 5.26 Å². The van der Waals surface area contributed by atoms with E-state index in [0.717, 1.165) is 6.08 Å². The van der Waals surface area contributed by atoms with Gasteiger partial charge in [0.25, 0.3) is 5.70 Å². The number of nitro groups is 1. The number of rotatable bonds is 2. The Labute approximate surface area is 74.9 Å². The van der Waals surface area contributed by atoms with Crippen molar-refractivity contribution in [1.82, 2.24) is 0 Å². The van der Waals surface area contributed by atoms with Crippen molar-refractivity contribution in [3.8, 4) is 6.07 Å². The van der Waals surface area contributed by atoms with Crippen LogP contribution in [0.1, 0.15) is 5.56 Å². The fourth-order valence-electron chi connectivity index (χ4n) is 0.912. The molecule has 1 aromatic carbocycles. The molecule has 4 nitrogen and oxygen atoms in total. The molecule has 13 heavy (non-hydrogen) atoms. The third-order valence-electron chi connectivity index (χ3n) is 1.47. The Hall–Kier alpha value is -2.15. The van der Waals surface area contributed by atoms with Crippen molar-refractivity contribution >= 4 is 5.70 Å². The molecule has 0 heterocycles. The van der Waals surface area contributed by atoms with Gasteiger partial charge in [-0.3, -0.25) is 10.1 Å². The van der Waals surface area contributed by atoms with Gasteiger partial charge in [0.1, 0.15) is 0 Å². The van der Waals surface area contributed by atoms with Gasteiger partial charge in [0, 0.05) is 0 Å². The lowest BCUT2D eigenvalue weighted by molar-refractivity contribution is -0.375. The maximum absolute atomic E-state index is 10.5. The number of allylic oxidation sites excluding steroid dienone is 1. The van der Waals surface area contributed by atoms with E-state index in [4.69, 9.17) is 5.26 Å². The lowest BCUT2D eigenvalue weighted by Crippen LogP contribution is -1.96. The second kappa shape index (κ2) is 4.02. The predicted molar refractivity (Wildman–Crippen MR) is 47.0 cm³/mol. The van der Waals surface area contributed by atoms with Crippen LogP contribution in [-0.2, 0) is 0 Å². The van der Waals surface area contributed by atoms with E-state index in [1.54, 1.807) is 36.4 Å². The Morgan fingerprint density at radius 1 is 1.46 bits per heavy atom. The van der Waals surface area contributed by atoms with E-state index in [-0.39, 0.29) is 5.70 Å². The highest BCUT2D eigenvalue weighted by molar-refractivity contribution is 5.60. The minimum atomic E-state index is -0.571. The van der Waals surface area contributed by atoms with Crippen LogP contribution in [0.3, 0.4) is 0 Å². The first kappa shape index (κ1) is 8.94. The summed E-state index contributed by atoms with van der Waals surface area (Å²) in [7, 11) is 0. The van der Waals surface area contributed by atoms with Gasteiger partial charge >= 0.3 is 0 Å². The van der Waals surface area contributed by atoms with Crippen LogP contribution in [0.25, 0.3) is 5.70 Å². The van der Waals surface area contributed by atoms with E-state index >= 15 is 0 Å². The largest absolute Gasteiger partial charge is 0.286 e. The molecule has 1 aromatic rings. The maximum atomic E-state index is 10.5. The lowest BCUT2D eigenvalue weighted by Gasteiger charge is -1.94. The van der Waals surface area contributed by atoms with Gasteiger partial charge in [0.05, 0.1) is 22.6 Å². The monoisotopic (exact) mass is 174 g/mol. The molecule has 0 atom stereocenters. The number of hydrogen-bond acceptors (Lipinski definition) is 3. The first-order valence-corrected chi connectivity index (χ1v) is 3.55. The summed E-state index contributed by atoms with van der Waals surface area (Å²) >= 11 is 0. The number of benzene rings is 1. The molecule has 0 aliphatic rings. The van der Waals surface area contributed by atoms with Crippen LogP contribution in [0, 0.1) is 21.4 Å². The molecule has 0 radical (unpaired) electrons. The molecule has 0 aliphatic carbocycles. The smallest absolute Gasteiger partial charge is 0.258 e. The molecule has 0 aliphatic heterocycles. The molecule has 0 N–H and O–H groups in total. The summed E-state index contributed by atoms with van der Waals surface area (Å²) in [6, 6.07) is 9.95. The summed E-state index contributed by atoms with van der Waals surface area (Å²) in [5, 5.41) is 18.8. The first-order chi connectivity index (χ1) is 6.25. The molecule has 0 amide bonds. The Bertz CT molecular complexity index is 376. The van der Waals surface area contributed by atoms with Crippen molar-refractivity contribution in [3.05, 3.63) is 52.1 Å². The van der Waals surface area contributed by atoms with Gasteiger partial charge in [0.15, 0.2) is 0 Å². The summed E-state index contributed by atoms with van der Waals surface area (Å²) < 4.78 is 0. The predicted octanol–water partition coefficient (Wildman–Crippen LogP) is 1.83. The van der Waals surface area contributed by atoms with Crippen molar-refractivity contribution in [2.75, 3.05) is 0 Å². The molecule has 0 unspecified atom stereocenters. The number of nitriles is 1. The zero-order valence-corrected chi connectivity index (χ0v) is 6.68. The van der Waals surface area contributed by atoms with Crippen LogP contribution in [0.4, 0.5) is 0 Å². The van der Waals surface area contributed by atoms with Gasteiger partial charge < -0.3 is 0 Å². The SMILES string of the molecule is N#CC=C(c1ccccc1)[N+](=O)[O-]. The Balaban J connectivity index is 3.13. The molecule has 0 fully saturated rings. The van der Waals surface area contributed by atoms with Crippen LogP contribution in [0.2, 0.25) is 0 Å². The van der Waals surface area contributed by atoms with Gasteiger partial charge in [-0.2, -0.15) is 5.26 Å². The van der Waals surface area contributed by atoms with Crippen LogP contribution in [0.5, 0.6) is 0 Å². The quantitative estimate of drug-likeness (QED) is 0.390. The zero-order valence-electron chi connectivity index (χ0n) is 6.68. The van der Waals surface area contributed by atoms with Gasteiger partial charge in [-0.1, -0.05) is 18.2 Å². The van der Waals surface area contributed by atoms with Crippen molar-refractivity contribution < 1.29 is 4.92 Å². The molecule has 0 bridgehead atoms. The van der Waals surface area contributed by atoms with Crippen molar-refractivity contribution in [2.45, 2.75) is 0 Å². The number of hydrogen-bond donors (Lipinski definition) is 0. The van der Waals surface area contributed by atoms with Gasteiger partial charge in [-0.15, -0.1) is 0 Å². The average molecular weight is 174 g/mol. The van der Waals surface area contributed by atoms with E-state index in [0.29, 0.717) is 5.56 Å². The van der Waals surface area contributed by atoms with Gasteiger partial charge in [0.2, 0.25) is 0 Å². The van der Waals surface area contributed by atoms with E-state index in [1.165, 1.54) is 0 Å². The topological polar surface area (TPSA) is 66.9 Å². The standard InChI is InChI=1S/C9H6N2O2/c10-7-6-9(11(12)13)8-4-2-1-3-5-8/h1-6H. The van der Waals surface area contributed by atoms with Crippen LogP contribution in [0.15, 0.2) is 36.4 Å². The van der Waals surface area contributed by atoms with Crippen molar-refractivity contribution in [3.63, 3.8) is 0 Å². The fraction of sp³-hybridized carbons (Fsp3) is 0. The van der Waals surface area contributed by atoms with Gasteiger partial charge in [-0.05, 0) is 12.1 Å². The highest BCUT2D eigenvalue weighted by atomic mass is 16.6. The fourth-order valence-corrected chi connectivity index (χ4v) is 0.912. The molecular formula is C9H6N2O2. The zero-order chi connectivity index (χ0) is 9.68. The Morgan fingerprint density at radius 3 is 2.54 bits per heavy atom. The molecular weight excluding hydrogens is 168 g/mol. The van der Waals surface area contributed by atoms with E-state index in [9.17, 15) is 10.1 Å². The third kappa shape index (κ3) is 2.14. The Kier molecular flexibility index (Phi) is 2.77. The molecule has 0 saturated carbocycles. The minimum Gasteiger partial charge on any atom is -0.258 e. The highest BCUT2D eigenvalue weighted by Crippen LogP contribution is 2.13. The maximum Gasteiger partial charge on any atom is 0.286 e. The summed E-state index contributed by atoms with van der Waals surface area (Å²) in [6.07, 6.45) is 0.926. The normalized spacial score (nSPS) is 10.5. The summed E-state index contributed by atoms with van der Waals surface area (Å²) in [6.45, 7) is 0. The molecule has 64 valence electrons. The second-order valence-electron chi connectivity index (χ2n) is 2.28. The van der Waals surface area contributed by atoms with Crippen LogP contribution < -0.4 is 0 Å². The van der Waals surface area contributed by atoms with E-state index in [2.05, 4.69) is 0 Å². The minimum absolute atomic E-state index is 0.178. The summed E-state index contributed by atoms with van der Waals surface area (Å²) in [5.74, 6) is 0. The highest BCUT2D eigenvalue weighted by Gasteiger charge is 2.12. The molecule has 1 rings (SSSR count). The summed E-state index contributed by atoms with van der Waals surface area (Å²) in [4.78, 5) is 9.91. The molecule has 0 spiro atoms. The van der Waals surface area contributed by atoms with E-state index in [1.807, 2.05) is 0 Å². The Morgan fingerprint density at radius 2 is 2.08 bits per heavy atom. The average Bonchev–Trinajstić information content (AvgIpc) is 2.15. The molecule has 0 saturated heterocycles. The number of nitrogens with zero attached hydrogens (tertiary/aromatic N) is 2. The molecule has 4 heteroatoms. The third-order valence-corrected chi connectivity index (χ3v) is 1.47. The van der Waals surface area contributed by atoms with Crippen LogP contribution >= 0.6 is 0 Å². The van der Waals surface area contributed by atoms with Crippen LogP contribution in [-0.4, -0.2) is 4.92 Å². The molecule has 0 aromatic heterocycles. The first-order valence-electron chi connectivity index (χ1n) is 3.55. The van der Waals surface area contributed by atoms with Crippen molar-refractivity contribution in [2.24, 2.45) is 0 Å². The van der Waals surface area contributed by atoms with Gasteiger partial charge in [-0.25, -0.2) is 0 Å². The van der Waals surface area contributed by atoms with E-state index < -0.39 is 4.92 Å².